The van der Waals surface area contributed by atoms with Crippen LogP contribution in [-0.2, 0) is 6.54 Å². The average molecular weight is 288 g/mol. The topological polar surface area (TPSA) is 71.2 Å². The maximum atomic E-state index is 4.64. The summed E-state index contributed by atoms with van der Waals surface area (Å²) in [5, 5.41) is 7.51. The van der Waals surface area contributed by atoms with Crippen LogP contribution in [0.5, 0.6) is 0 Å². The Morgan fingerprint density at radius 1 is 1.33 bits per heavy atom. The zero-order valence-electron chi connectivity index (χ0n) is 12.4. The van der Waals surface area contributed by atoms with Crippen LogP contribution < -0.4 is 4.90 Å². The standard InChI is InChI=1S/C14H20N6O/c1-11-7-14(16-10-15-11)19(2)13-3-5-20(6-4-13)9-12-8-17-21-18-12/h7-8,10,13H,3-6,9H2,1-2H3. The van der Waals surface area contributed by atoms with E-state index in [0.717, 1.165) is 49.7 Å². The van der Waals surface area contributed by atoms with Gasteiger partial charge in [-0.1, -0.05) is 10.3 Å². The van der Waals surface area contributed by atoms with E-state index in [9.17, 15) is 0 Å². The van der Waals surface area contributed by atoms with Crippen molar-refractivity contribution >= 4 is 5.82 Å². The minimum Gasteiger partial charge on any atom is -0.356 e. The van der Waals surface area contributed by atoms with E-state index in [4.69, 9.17) is 0 Å². The minimum absolute atomic E-state index is 0.519. The molecule has 1 aliphatic rings. The molecule has 7 nitrogen and oxygen atoms in total. The van der Waals surface area contributed by atoms with Gasteiger partial charge in [-0.05, 0) is 19.8 Å². The van der Waals surface area contributed by atoms with Crippen molar-refractivity contribution in [1.29, 1.82) is 0 Å². The molecule has 112 valence electrons. The summed E-state index contributed by atoms with van der Waals surface area (Å²) in [6.07, 6.45) is 5.55. The quantitative estimate of drug-likeness (QED) is 0.839. The summed E-state index contributed by atoms with van der Waals surface area (Å²) in [4.78, 5) is 13.2. The zero-order valence-corrected chi connectivity index (χ0v) is 12.4. The molecule has 21 heavy (non-hydrogen) atoms. The van der Waals surface area contributed by atoms with Gasteiger partial charge in [0.25, 0.3) is 0 Å². The van der Waals surface area contributed by atoms with Gasteiger partial charge >= 0.3 is 0 Å². The molecule has 0 aliphatic carbocycles. The molecule has 1 aliphatic heterocycles. The number of likely N-dealkylation sites (tertiary alicyclic amines) is 1. The Balaban J connectivity index is 1.55. The lowest BCUT2D eigenvalue weighted by Gasteiger charge is -2.36. The number of aryl methyl sites for hydroxylation is 1. The van der Waals surface area contributed by atoms with Gasteiger partial charge in [0.2, 0.25) is 0 Å². The van der Waals surface area contributed by atoms with Crippen molar-refractivity contribution in [1.82, 2.24) is 25.2 Å². The molecule has 2 aromatic heterocycles. The predicted octanol–water partition coefficient (Wildman–Crippen LogP) is 1.27. The molecule has 0 atom stereocenters. The van der Waals surface area contributed by atoms with Crippen molar-refractivity contribution in [3.8, 4) is 0 Å². The largest absolute Gasteiger partial charge is 0.356 e. The number of anilines is 1. The molecular formula is C14H20N6O. The van der Waals surface area contributed by atoms with Crippen molar-refractivity contribution in [2.45, 2.75) is 32.4 Å². The van der Waals surface area contributed by atoms with Crippen LogP contribution in [0.1, 0.15) is 24.2 Å². The molecule has 0 saturated carbocycles. The summed E-state index contributed by atoms with van der Waals surface area (Å²) in [7, 11) is 2.11. The summed E-state index contributed by atoms with van der Waals surface area (Å²) >= 11 is 0. The fourth-order valence-corrected chi connectivity index (χ4v) is 2.77. The first-order valence-corrected chi connectivity index (χ1v) is 7.22. The maximum absolute atomic E-state index is 4.64. The summed E-state index contributed by atoms with van der Waals surface area (Å²) in [5.74, 6) is 1.00. The van der Waals surface area contributed by atoms with Gasteiger partial charge in [-0.2, -0.15) is 0 Å². The molecule has 0 aromatic carbocycles. The van der Waals surface area contributed by atoms with Gasteiger partial charge in [0.15, 0.2) is 0 Å². The van der Waals surface area contributed by atoms with E-state index in [1.54, 1.807) is 12.5 Å². The van der Waals surface area contributed by atoms with Gasteiger partial charge in [0, 0.05) is 44.5 Å². The second kappa shape index (κ2) is 6.17. The summed E-state index contributed by atoms with van der Waals surface area (Å²) in [5.41, 5.74) is 1.90. The zero-order chi connectivity index (χ0) is 14.7. The van der Waals surface area contributed by atoms with Crippen LogP contribution in [0.3, 0.4) is 0 Å². The number of piperidine rings is 1. The Bertz CT molecular complexity index is 565. The number of aromatic nitrogens is 4. The van der Waals surface area contributed by atoms with E-state index >= 15 is 0 Å². The highest BCUT2D eigenvalue weighted by Gasteiger charge is 2.23. The predicted molar refractivity (Wildman–Crippen MR) is 77.8 cm³/mol. The van der Waals surface area contributed by atoms with Crippen LogP contribution in [-0.4, -0.2) is 51.4 Å². The van der Waals surface area contributed by atoms with E-state index in [0.29, 0.717) is 6.04 Å². The SMILES string of the molecule is Cc1cc(N(C)C2CCN(Cc3cnon3)CC2)ncn1. The summed E-state index contributed by atoms with van der Waals surface area (Å²) < 4.78 is 4.64. The molecule has 3 rings (SSSR count). The number of hydrogen-bond acceptors (Lipinski definition) is 7. The van der Waals surface area contributed by atoms with Crippen LogP contribution in [0.4, 0.5) is 5.82 Å². The lowest BCUT2D eigenvalue weighted by atomic mass is 10.0. The number of nitrogens with zero attached hydrogens (tertiary/aromatic N) is 6. The number of rotatable bonds is 4. The van der Waals surface area contributed by atoms with Crippen molar-refractivity contribution in [3.05, 3.63) is 30.0 Å². The lowest BCUT2D eigenvalue weighted by Crippen LogP contribution is -2.43. The Morgan fingerprint density at radius 3 is 2.81 bits per heavy atom. The van der Waals surface area contributed by atoms with E-state index < -0.39 is 0 Å². The average Bonchev–Trinajstić information content (AvgIpc) is 3.00. The molecule has 0 unspecified atom stereocenters. The third kappa shape index (κ3) is 3.36. The Morgan fingerprint density at radius 2 is 2.14 bits per heavy atom. The van der Waals surface area contributed by atoms with Gasteiger partial charge in [-0.25, -0.2) is 14.6 Å². The third-order valence-corrected chi connectivity index (χ3v) is 4.05. The Kier molecular flexibility index (Phi) is 4.10. The molecule has 3 heterocycles. The maximum Gasteiger partial charge on any atom is 0.132 e. The van der Waals surface area contributed by atoms with Crippen LogP contribution in [0.15, 0.2) is 23.2 Å². The Labute approximate surface area is 123 Å². The van der Waals surface area contributed by atoms with Crippen LogP contribution >= 0.6 is 0 Å². The van der Waals surface area contributed by atoms with Gasteiger partial charge in [0.05, 0.1) is 6.20 Å². The van der Waals surface area contributed by atoms with Gasteiger partial charge in [-0.15, -0.1) is 0 Å². The minimum atomic E-state index is 0.519. The second-order valence-electron chi connectivity index (χ2n) is 5.53. The first kappa shape index (κ1) is 13.9. The molecule has 7 heteroatoms. The molecule has 1 fully saturated rings. The van der Waals surface area contributed by atoms with Gasteiger partial charge in [0.1, 0.15) is 17.8 Å². The van der Waals surface area contributed by atoms with Gasteiger partial charge < -0.3 is 4.90 Å². The van der Waals surface area contributed by atoms with E-state index in [1.807, 2.05) is 13.0 Å². The molecule has 2 aromatic rings. The van der Waals surface area contributed by atoms with Crippen LogP contribution in [0.2, 0.25) is 0 Å². The fraction of sp³-hybridized carbons (Fsp3) is 0.571. The van der Waals surface area contributed by atoms with E-state index in [2.05, 4.69) is 41.8 Å². The highest BCUT2D eigenvalue weighted by atomic mass is 16.6. The molecule has 1 saturated heterocycles. The molecule has 0 amide bonds. The summed E-state index contributed by atoms with van der Waals surface area (Å²) in [6, 6.07) is 2.55. The van der Waals surface area contributed by atoms with Gasteiger partial charge in [-0.3, -0.25) is 4.90 Å². The second-order valence-corrected chi connectivity index (χ2v) is 5.53. The lowest BCUT2D eigenvalue weighted by molar-refractivity contribution is 0.196. The van der Waals surface area contributed by atoms with Crippen molar-refractivity contribution in [2.24, 2.45) is 0 Å². The third-order valence-electron chi connectivity index (χ3n) is 4.05. The Hall–Kier alpha value is -2.02. The van der Waals surface area contributed by atoms with Crippen molar-refractivity contribution < 1.29 is 4.63 Å². The highest BCUT2D eigenvalue weighted by Crippen LogP contribution is 2.21. The molecule has 0 radical (unpaired) electrons. The smallest absolute Gasteiger partial charge is 0.132 e. The number of hydrogen-bond donors (Lipinski definition) is 0. The van der Waals surface area contributed by atoms with Crippen LogP contribution in [0.25, 0.3) is 0 Å². The summed E-state index contributed by atoms with van der Waals surface area (Å²) in [6.45, 7) is 4.90. The fourth-order valence-electron chi connectivity index (χ4n) is 2.77. The highest BCUT2D eigenvalue weighted by molar-refractivity contribution is 5.39. The molecule has 0 spiro atoms. The molecule has 0 N–H and O–H groups in total. The normalized spacial score (nSPS) is 17.0. The van der Waals surface area contributed by atoms with E-state index in [-0.39, 0.29) is 0 Å². The van der Waals surface area contributed by atoms with Crippen LogP contribution in [0, 0.1) is 6.92 Å². The van der Waals surface area contributed by atoms with Crippen molar-refractivity contribution in [3.63, 3.8) is 0 Å². The molecular weight excluding hydrogens is 268 g/mol. The van der Waals surface area contributed by atoms with E-state index in [1.165, 1.54) is 0 Å². The molecule has 0 bridgehead atoms. The first-order valence-electron chi connectivity index (χ1n) is 7.22. The van der Waals surface area contributed by atoms with Crippen molar-refractivity contribution in [2.75, 3.05) is 25.0 Å². The monoisotopic (exact) mass is 288 g/mol. The first-order chi connectivity index (χ1) is 10.2.